The van der Waals surface area contributed by atoms with E-state index in [4.69, 9.17) is 16.3 Å². The van der Waals surface area contributed by atoms with E-state index in [-0.39, 0.29) is 0 Å². The first kappa shape index (κ1) is 13.9. The van der Waals surface area contributed by atoms with Crippen molar-refractivity contribution in [2.45, 2.75) is 44.7 Å². The summed E-state index contributed by atoms with van der Waals surface area (Å²) >= 11 is 6.22. The third-order valence-corrected chi connectivity index (χ3v) is 6.28. The lowest BCUT2D eigenvalue weighted by Crippen LogP contribution is -2.54. The van der Waals surface area contributed by atoms with Crippen molar-refractivity contribution in [3.8, 4) is 5.75 Å². The maximum absolute atomic E-state index is 6.22. The van der Waals surface area contributed by atoms with Gasteiger partial charge in [0.1, 0.15) is 5.75 Å². The Morgan fingerprint density at radius 3 is 2.33 bits per heavy atom. The Morgan fingerprint density at radius 1 is 1.10 bits per heavy atom. The van der Waals surface area contributed by atoms with Gasteiger partial charge in [0, 0.05) is 12.6 Å². The summed E-state index contributed by atoms with van der Waals surface area (Å²) in [6.45, 7) is 0.927. The van der Waals surface area contributed by atoms with Crippen LogP contribution in [0.25, 0.3) is 0 Å². The zero-order valence-corrected chi connectivity index (χ0v) is 13.4. The number of halogens is 1. The second-order valence-corrected chi connectivity index (χ2v) is 7.71. The van der Waals surface area contributed by atoms with Crippen molar-refractivity contribution < 1.29 is 4.74 Å². The molecule has 1 aromatic rings. The highest BCUT2D eigenvalue weighted by atomic mass is 35.5. The number of hydrogen-bond acceptors (Lipinski definition) is 2. The first-order valence-electron chi connectivity index (χ1n) is 8.28. The molecule has 4 saturated carbocycles. The van der Waals surface area contributed by atoms with Crippen LogP contribution in [0.4, 0.5) is 0 Å². The number of hydrogen-bond donors (Lipinski definition) is 1. The first-order valence-corrected chi connectivity index (χ1v) is 8.66. The summed E-state index contributed by atoms with van der Waals surface area (Å²) in [5.41, 5.74) is 1.26. The summed E-state index contributed by atoms with van der Waals surface area (Å²) in [5.74, 6) is 4.70. The van der Waals surface area contributed by atoms with E-state index >= 15 is 0 Å². The van der Waals surface area contributed by atoms with Crippen LogP contribution in [0.2, 0.25) is 5.02 Å². The minimum Gasteiger partial charge on any atom is -0.495 e. The van der Waals surface area contributed by atoms with Crippen LogP contribution < -0.4 is 10.1 Å². The Hall–Kier alpha value is -0.730. The highest BCUT2D eigenvalue weighted by molar-refractivity contribution is 6.32. The number of ether oxygens (including phenoxy) is 1. The Bertz CT molecular complexity index is 502. The summed E-state index contributed by atoms with van der Waals surface area (Å²) in [5, 5.41) is 4.56. The molecule has 2 nitrogen and oxygen atoms in total. The molecule has 5 rings (SSSR count). The Morgan fingerprint density at radius 2 is 1.76 bits per heavy atom. The third kappa shape index (κ3) is 2.57. The molecule has 4 fully saturated rings. The number of nitrogens with one attached hydrogen (secondary N) is 1. The third-order valence-electron chi connectivity index (χ3n) is 5.98. The van der Waals surface area contributed by atoms with Crippen molar-refractivity contribution >= 4 is 11.6 Å². The van der Waals surface area contributed by atoms with E-state index in [9.17, 15) is 0 Å². The molecule has 114 valence electrons. The lowest BCUT2D eigenvalue weighted by molar-refractivity contribution is -0.0142. The Labute approximate surface area is 132 Å². The van der Waals surface area contributed by atoms with Gasteiger partial charge in [0.25, 0.3) is 0 Å². The molecule has 0 atom stereocenters. The second-order valence-electron chi connectivity index (χ2n) is 7.31. The van der Waals surface area contributed by atoms with E-state index in [2.05, 4.69) is 11.4 Å². The molecule has 0 aliphatic heterocycles. The zero-order valence-electron chi connectivity index (χ0n) is 12.6. The molecule has 1 aromatic carbocycles. The normalized spacial score (nSPS) is 37.0. The maximum Gasteiger partial charge on any atom is 0.137 e. The molecule has 1 N–H and O–H groups in total. The quantitative estimate of drug-likeness (QED) is 0.897. The van der Waals surface area contributed by atoms with Gasteiger partial charge in [0.15, 0.2) is 0 Å². The molecule has 4 bridgehead atoms. The van der Waals surface area contributed by atoms with Crippen molar-refractivity contribution in [2.24, 2.45) is 23.7 Å². The van der Waals surface area contributed by atoms with Crippen LogP contribution in [0.3, 0.4) is 0 Å². The SMILES string of the molecule is COc1ccc(CNC2C3CC4CC(C3)CC2C4)cc1Cl. The Kier molecular flexibility index (Phi) is 3.63. The van der Waals surface area contributed by atoms with Crippen LogP contribution in [-0.2, 0) is 6.54 Å². The van der Waals surface area contributed by atoms with E-state index in [1.807, 2.05) is 12.1 Å². The highest BCUT2D eigenvalue weighted by Gasteiger charge is 2.47. The van der Waals surface area contributed by atoms with Crippen molar-refractivity contribution in [2.75, 3.05) is 7.11 Å². The molecule has 0 aromatic heterocycles. The van der Waals surface area contributed by atoms with E-state index in [1.165, 1.54) is 37.7 Å². The molecule has 0 saturated heterocycles. The standard InChI is InChI=1S/C18H24ClNO/c1-21-17-3-2-11(9-16(17)19)10-20-18-14-5-12-4-13(7-14)8-15(18)6-12/h2-3,9,12-15,18,20H,4-8,10H2,1H3. The maximum atomic E-state index is 6.22. The summed E-state index contributed by atoms with van der Waals surface area (Å²) in [4.78, 5) is 0. The van der Waals surface area contributed by atoms with Crippen molar-refractivity contribution in [1.29, 1.82) is 0 Å². The fourth-order valence-electron chi connectivity index (χ4n) is 5.31. The molecule has 4 aliphatic carbocycles. The number of methoxy groups -OCH3 is 1. The van der Waals surface area contributed by atoms with Gasteiger partial charge < -0.3 is 10.1 Å². The number of benzene rings is 1. The topological polar surface area (TPSA) is 21.3 Å². The first-order chi connectivity index (χ1) is 10.2. The molecule has 4 aliphatic rings. The lowest BCUT2D eigenvalue weighted by Gasteiger charge is -2.54. The van der Waals surface area contributed by atoms with Gasteiger partial charge in [0.2, 0.25) is 0 Å². The average molecular weight is 306 g/mol. The Balaban J connectivity index is 1.42. The lowest BCUT2D eigenvalue weighted by atomic mass is 9.54. The van der Waals surface area contributed by atoms with Gasteiger partial charge >= 0.3 is 0 Å². The van der Waals surface area contributed by atoms with E-state index < -0.39 is 0 Å². The van der Waals surface area contributed by atoms with Crippen LogP contribution in [0.15, 0.2) is 18.2 Å². The molecule has 0 amide bonds. The van der Waals surface area contributed by atoms with Crippen LogP contribution in [0.1, 0.15) is 37.7 Å². The van der Waals surface area contributed by atoms with Crippen molar-refractivity contribution in [3.63, 3.8) is 0 Å². The average Bonchev–Trinajstić information content (AvgIpc) is 2.46. The summed E-state index contributed by atoms with van der Waals surface area (Å²) in [7, 11) is 1.66. The van der Waals surface area contributed by atoms with Gasteiger partial charge in [-0.15, -0.1) is 0 Å². The molecular weight excluding hydrogens is 282 g/mol. The molecule has 0 unspecified atom stereocenters. The van der Waals surface area contributed by atoms with Crippen LogP contribution in [0, 0.1) is 23.7 Å². The monoisotopic (exact) mass is 305 g/mol. The predicted octanol–water partition coefficient (Wildman–Crippen LogP) is 4.26. The molecular formula is C18H24ClNO. The van der Waals surface area contributed by atoms with E-state index in [0.29, 0.717) is 5.02 Å². The van der Waals surface area contributed by atoms with Crippen LogP contribution in [0.5, 0.6) is 5.75 Å². The fourth-order valence-corrected chi connectivity index (χ4v) is 5.59. The van der Waals surface area contributed by atoms with Gasteiger partial charge in [-0.25, -0.2) is 0 Å². The van der Waals surface area contributed by atoms with Crippen molar-refractivity contribution in [1.82, 2.24) is 5.32 Å². The smallest absolute Gasteiger partial charge is 0.137 e. The van der Waals surface area contributed by atoms with Gasteiger partial charge in [0.05, 0.1) is 12.1 Å². The molecule has 3 heteroatoms. The number of rotatable bonds is 4. The summed E-state index contributed by atoms with van der Waals surface area (Å²) in [6, 6.07) is 6.85. The second kappa shape index (κ2) is 5.48. The molecule has 0 spiro atoms. The van der Waals surface area contributed by atoms with Gasteiger partial charge in [-0.2, -0.15) is 0 Å². The summed E-state index contributed by atoms with van der Waals surface area (Å²) < 4.78 is 5.22. The van der Waals surface area contributed by atoms with E-state index in [0.717, 1.165) is 42.0 Å². The summed E-state index contributed by atoms with van der Waals surface area (Å²) in [6.07, 6.45) is 7.39. The fraction of sp³-hybridized carbons (Fsp3) is 0.667. The minimum absolute atomic E-state index is 0.710. The van der Waals surface area contributed by atoms with Crippen molar-refractivity contribution in [3.05, 3.63) is 28.8 Å². The molecule has 21 heavy (non-hydrogen) atoms. The molecule has 0 heterocycles. The highest BCUT2D eigenvalue weighted by Crippen LogP contribution is 2.53. The van der Waals surface area contributed by atoms with Crippen LogP contribution in [-0.4, -0.2) is 13.2 Å². The van der Waals surface area contributed by atoms with Gasteiger partial charge in [-0.1, -0.05) is 17.7 Å². The zero-order chi connectivity index (χ0) is 14.4. The van der Waals surface area contributed by atoms with E-state index in [1.54, 1.807) is 7.11 Å². The minimum atomic E-state index is 0.710. The largest absolute Gasteiger partial charge is 0.495 e. The predicted molar refractivity (Wildman–Crippen MR) is 85.7 cm³/mol. The molecule has 0 radical (unpaired) electrons. The van der Waals surface area contributed by atoms with Gasteiger partial charge in [-0.3, -0.25) is 0 Å². The van der Waals surface area contributed by atoms with Gasteiger partial charge in [-0.05, 0) is 73.5 Å². The van der Waals surface area contributed by atoms with Crippen LogP contribution >= 0.6 is 11.6 Å².